The summed E-state index contributed by atoms with van der Waals surface area (Å²) in [7, 11) is 1.60. The maximum absolute atomic E-state index is 11.8. The van der Waals surface area contributed by atoms with E-state index in [-0.39, 0.29) is 24.5 Å². The number of benzene rings is 1. The fourth-order valence-corrected chi connectivity index (χ4v) is 1.72. The third-order valence-corrected chi connectivity index (χ3v) is 3.08. The molecule has 0 saturated carbocycles. The molecule has 0 heterocycles. The van der Waals surface area contributed by atoms with Crippen LogP contribution in [0, 0.1) is 5.92 Å². The van der Waals surface area contributed by atoms with Crippen LogP contribution in [0.4, 0.5) is 4.79 Å². The highest BCUT2D eigenvalue weighted by molar-refractivity contribution is 5.74. The zero-order valence-corrected chi connectivity index (χ0v) is 12.3. The first kappa shape index (κ1) is 16.5. The Bertz CT molecular complexity index is 395. The van der Waals surface area contributed by atoms with Gasteiger partial charge in [0, 0.05) is 13.7 Å². The Balaban J connectivity index is 2.52. The number of aliphatic hydroxyl groups is 1. The molecule has 1 rings (SSSR count). The van der Waals surface area contributed by atoms with Crippen molar-refractivity contribution in [2.45, 2.75) is 26.0 Å². The van der Waals surface area contributed by atoms with Crippen molar-refractivity contribution in [3.05, 3.63) is 35.9 Å². The second-order valence-corrected chi connectivity index (χ2v) is 5.08. The molecule has 0 aliphatic heterocycles. The topological polar surface area (TPSA) is 70.6 Å². The van der Waals surface area contributed by atoms with Crippen LogP contribution in [0.3, 0.4) is 0 Å². The first-order valence-electron chi connectivity index (χ1n) is 6.81. The molecular formula is C15H24N2O3. The van der Waals surface area contributed by atoms with Crippen LogP contribution < -0.4 is 10.6 Å². The Morgan fingerprint density at radius 2 is 1.95 bits per heavy atom. The Hall–Kier alpha value is -1.59. The maximum atomic E-state index is 11.8. The molecule has 0 spiro atoms. The average molecular weight is 280 g/mol. The summed E-state index contributed by atoms with van der Waals surface area (Å²) in [6, 6.07) is 9.11. The smallest absolute Gasteiger partial charge is 0.315 e. The van der Waals surface area contributed by atoms with Gasteiger partial charge < -0.3 is 20.5 Å². The number of urea groups is 1. The van der Waals surface area contributed by atoms with Crippen LogP contribution in [-0.4, -0.2) is 37.5 Å². The van der Waals surface area contributed by atoms with Gasteiger partial charge in [0.2, 0.25) is 0 Å². The normalized spacial score (nSPS) is 13.8. The fraction of sp³-hybridized carbons (Fsp3) is 0.533. The lowest BCUT2D eigenvalue weighted by molar-refractivity contribution is 0.123. The first-order valence-corrected chi connectivity index (χ1v) is 6.81. The number of carbonyl (C=O) groups excluding carboxylic acids is 1. The number of methoxy groups -OCH3 is 1. The summed E-state index contributed by atoms with van der Waals surface area (Å²) in [5.74, 6) is 0.110. The lowest BCUT2D eigenvalue weighted by atomic mass is 10.1. The number of aliphatic hydroxyl groups excluding tert-OH is 1. The minimum absolute atomic E-state index is 0.110. The third kappa shape index (κ3) is 5.59. The van der Waals surface area contributed by atoms with Gasteiger partial charge in [0.25, 0.3) is 0 Å². The molecule has 0 aromatic heterocycles. The second kappa shape index (κ2) is 8.55. The van der Waals surface area contributed by atoms with Gasteiger partial charge in [0.15, 0.2) is 0 Å². The minimum atomic E-state index is -0.543. The zero-order valence-electron chi connectivity index (χ0n) is 12.3. The summed E-state index contributed by atoms with van der Waals surface area (Å²) in [5, 5.41) is 15.2. The van der Waals surface area contributed by atoms with Crippen LogP contribution in [0.25, 0.3) is 0 Å². The number of nitrogens with one attached hydrogen (secondary N) is 2. The van der Waals surface area contributed by atoms with E-state index in [1.54, 1.807) is 7.11 Å². The van der Waals surface area contributed by atoms with Crippen molar-refractivity contribution in [3.63, 3.8) is 0 Å². The standard InChI is InChI=1S/C15H24N2O3/c1-11(2)14(18)9-16-15(19)17-13(10-20-3)12-7-5-4-6-8-12/h4-8,11,13-14,18H,9-10H2,1-3H3,(H2,16,17,19). The lowest BCUT2D eigenvalue weighted by Crippen LogP contribution is -2.43. The largest absolute Gasteiger partial charge is 0.391 e. The van der Waals surface area contributed by atoms with E-state index in [0.717, 1.165) is 5.56 Å². The third-order valence-electron chi connectivity index (χ3n) is 3.08. The van der Waals surface area contributed by atoms with Gasteiger partial charge in [0.05, 0.1) is 18.8 Å². The van der Waals surface area contributed by atoms with Crippen LogP contribution in [0.2, 0.25) is 0 Å². The zero-order chi connectivity index (χ0) is 15.0. The number of hydrogen-bond acceptors (Lipinski definition) is 3. The van der Waals surface area contributed by atoms with Gasteiger partial charge >= 0.3 is 6.03 Å². The summed E-state index contributed by atoms with van der Waals surface area (Å²) >= 11 is 0. The molecule has 112 valence electrons. The molecule has 1 aromatic carbocycles. The van der Waals surface area contributed by atoms with Gasteiger partial charge in [-0.05, 0) is 11.5 Å². The average Bonchev–Trinajstić information content (AvgIpc) is 2.45. The first-order chi connectivity index (χ1) is 9.54. The quantitative estimate of drug-likeness (QED) is 0.712. The highest BCUT2D eigenvalue weighted by Crippen LogP contribution is 2.12. The summed E-state index contributed by atoms with van der Waals surface area (Å²) in [5.41, 5.74) is 0.980. The molecule has 3 N–H and O–H groups in total. The fourth-order valence-electron chi connectivity index (χ4n) is 1.72. The van der Waals surface area contributed by atoms with Crippen molar-refractivity contribution >= 4 is 6.03 Å². The van der Waals surface area contributed by atoms with E-state index in [9.17, 15) is 9.90 Å². The SMILES string of the molecule is COCC(NC(=O)NCC(O)C(C)C)c1ccccc1. The van der Waals surface area contributed by atoms with E-state index in [1.807, 2.05) is 44.2 Å². The van der Waals surface area contributed by atoms with Gasteiger partial charge in [-0.1, -0.05) is 44.2 Å². The molecule has 0 radical (unpaired) electrons. The molecular weight excluding hydrogens is 256 g/mol. The summed E-state index contributed by atoms with van der Waals surface area (Å²) < 4.78 is 5.13. The maximum Gasteiger partial charge on any atom is 0.315 e. The van der Waals surface area contributed by atoms with Crippen molar-refractivity contribution in [3.8, 4) is 0 Å². The molecule has 20 heavy (non-hydrogen) atoms. The van der Waals surface area contributed by atoms with Gasteiger partial charge in [-0.2, -0.15) is 0 Å². The molecule has 0 saturated heterocycles. The number of hydrogen-bond donors (Lipinski definition) is 3. The molecule has 0 aliphatic rings. The molecule has 0 fully saturated rings. The van der Waals surface area contributed by atoms with E-state index in [0.29, 0.717) is 6.61 Å². The van der Waals surface area contributed by atoms with E-state index in [1.165, 1.54) is 0 Å². The van der Waals surface area contributed by atoms with Crippen LogP contribution >= 0.6 is 0 Å². The summed E-state index contributed by atoms with van der Waals surface area (Å²) in [6.07, 6.45) is -0.543. The number of ether oxygens (including phenoxy) is 1. The number of carbonyl (C=O) groups is 1. The Labute approximate surface area is 120 Å². The highest BCUT2D eigenvalue weighted by atomic mass is 16.5. The number of rotatable bonds is 7. The molecule has 0 aliphatic carbocycles. The Morgan fingerprint density at radius 3 is 2.50 bits per heavy atom. The predicted octanol–water partition coefficient (Wildman–Crippen LogP) is 1.69. The van der Waals surface area contributed by atoms with Crippen molar-refractivity contribution < 1.29 is 14.6 Å². The van der Waals surface area contributed by atoms with Crippen LogP contribution in [0.1, 0.15) is 25.5 Å². The van der Waals surface area contributed by atoms with Crippen molar-refractivity contribution in [1.82, 2.24) is 10.6 Å². The summed E-state index contributed by atoms with van der Waals surface area (Å²) in [4.78, 5) is 11.8. The molecule has 5 heteroatoms. The van der Waals surface area contributed by atoms with E-state index in [4.69, 9.17) is 4.74 Å². The summed E-state index contributed by atoms with van der Waals surface area (Å²) in [6.45, 7) is 4.44. The monoisotopic (exact) mass is 280 g/mol. The molecule has 5 nitrogen and oxygen atoms in total. The van der Waals surface area contributed by atoms with E-state index >= 15 is 0 Å². The van der Waals surface area contributed by atoms with Crippen molar-refractivity contribution in [2.24, 2.45) is 5.92 Å². The molecule has 2 unspecified atom stereocenters. The Kier molecular flexibility index (Phi) is 7.04. The van der Waals surface area contributed by atoms with Crippen LogP contribution in [0.5, 0.6) is 0 Å². The second-order valence-electron chi connectivity index (χ2n) is 5.08. The van der Waals surface area contributed by atoms with Gasteiger partial charge in [-0.15, -0.1) is 0 Å². The lowest BCUT2D eigenvalue weighted by Gasteiger charge is -2.20. The van der Waals surface area contributed by atoms with Gasteiger partial charge in [-0.25, -0.2) is 4.79 Å². The van der Waals surface area contributed by atoms with Crippen LogP contribution in [0.15, 0.2) is 30.3 Å². The molecule has 2 amide bonds. The molecule has 1 aromatic rings. The van der Waals surface area contributed by atoms with E-state index in [2.05, 4.69) is 10.6 Å². The number of amides is 2. The van der Waals surface area contributed by atoms with Crippen LogP contribution in [-0.2, 0) is 4.74 Å². The van der Waals surface area contributed by atoms with Gasteiger partial charge in [-0.3, -0.25) is 0 Å². The minimum Gasteiger partial charge on any atom is -0.391 e. The molecule has 2 atom stereocenters. The predicted molar refractivity (Wildman–Crippen MR) is 78.4 cm³/mol. The Morgan fingerprint density at radius 1 is 1.30 bits per heavy atom. The van der Waals surface area contributed by atoms with E-state index < -0.39 is 6.10 Å². The molecule has 0 bridgehead atoms. The van der Waals surface area contributed by atoms with Gasteiger partial charge in [0.1, 0.15) is 0 Å². The van der Waals surface area contributed by atoms with Crippen molar-refractivity contribution in [2.75, 3.05) is 20.3 Å². The highest BCUT2D eigenvalue weighted by Gasteiger charge is 2.15. The van der Waals surface area contributed by atoms with Crippen molar-refractivity contribution in [1.29, 1.82) is 0 Å².